The van der Waals surface area contributed by atoms with Crippen molar-refractivity contribution < 1.29 is 17.9 Å². The van der Waals surface area contributed by atoms with E-state index in [-0.39, 0.29) is 10.9 Å². The minimum atomic E-state index is -3.80. The summed E-state index contributed by atoms with van der Waals surface area (Å²) in [4.78, 5) is 12.1. The van der Waals surface area contributed by atoms with Crippen LogP contribution in [0.25, 0.3) is 0 Å². The minimum Gasteiger partial charge on any atom is -0.461 e. The van der Waals surface area contributed by atoms with Crippen LogP contribution in [0.5, 0.6) is 0 Å². The highest BCUT2D eigenvalue weighted by Crippen LogP contribution is 2.34. The number of ether oxygens (including phenoxy) is 1. The third-order valence-corrected chi connectivity index (χ3v) is 4.86. The van der Waals surface area contributed by atoms with E-state index in [4.69, 9.17) is 9.88 Å². The van der Waals surface area contributed by atoms with Gasteiger partial charge >= 0.3 is 5.97 Å². The van der Waals surface area contributed by atoms with Gasteiger partial charge in [-0.05, 0) is 44.1 Å². The molecule has 0 bridgehead atoms. The molecule has 0 saturated heterocycles. The first-order valence-corrected chi connectivity index (χ1v) is 8.41. The first-order chi connectivity index (χ1) is 9.45. The number of primary sulfonamides is 1. The molecule has 0 aliphatic heterocycles. The van der Waals surface area contributed by atoms with E-state index in [1.807, 2.05) is 0 Å². The molecule has 20 heavy (non-hydrogen) atoms. The van der Waals surface area contributed by atoms with E-state index in [9.17, 15) is 13.2 Å². The van der Waals surface area contributed by atoms with Crippen molar-refractivity contribution in [2.75, 3.05) is 6.61 Å². The number of carbonyl (C=O) groups excluding carboxylic acids is 1. The predicted octanol–water partition coefficient (Wildman–Crippen LogP) is 1.43. The molecule has 110 valence electrons. The zero-order chi connectivity index (χ0) is 14.3. The number of sulfonamides is 1. The van der Waals surface area contributed by atoms with Crippen LogP contribution < -0.4 is 5.14 Å². The highest BCUT2D eigenvalue weighted by Gasteiger charge is 2.29. The largest absolute Gasteiger partial charge is 0.461 e. The quantitative estimate of drug-likeness (QED) is 0.832. The molecule has 1 aromatic rings. The Morgan fingerprint density at radius 2 is 2.05 bits per heavy atom. The first kappa shape index (κ1) is 13.6. The van der Waals surface area contributed by atoms with Crippen LogP contribution in [0.3, 0.4) is 0 Å². The molecule has 2 aliphatic carbocycles. The molecule has 1 heterocycles. The standard InChI is InChI=1S/C13H18N2O4S/c14-20(17,18)11-6-12(13(16)19-8-9-4-5-9)15(7-11)10-2-1-3-10/h6-7,9-10H,1-5,8H2,(H2,14,17,18). The fourth-order valence-corrected chi connectivity index (χ4v) is 2.83. The molecule has 0 aromatic carbocycles. The van der Waals surface area contributed by atoms with Gasteiger partial charge in [-0.2, -0.15) is 0 Å². The third kappa shape index (κ3) is 2.73. The molecule has 2 saturated carbocycles. The van der Waals surface area contributed by atoms with Crippen molar-refractivity contribution in [1.82, 2.24) is 4.57 Å². The van der Waals surface area contributed by atoms with Gasteiger partial charge in [0, 0.05) is 12.2 Å². The van der Waals surface area contributed by atoms with Crippen LogP contribution in [0.1, 0.15) is 48.6 Å². The molecule has 7 heteroatoms. The number of carbonyl (C=O) groups is 1. The molecule has 2 fully saturated rings. The third-order valence-electron chi connectivity index (χ3n) is 3.98. The van der Waals surface area contributed by atoms with Crippen molar-refractivity contribution in [1.29, 1.82) is 0 Å². The van der Waals surface area contributed by atoms with E-state index in [1.54, 1.807) is 4.57 Å². The Morgan fingerprint density at radius 3 is 2.55 bits per heavy atom. The summed E-state index contributed by atoms with van der Waals surface area (Å²) in [6.45, 7) is 0.416. The van der Waals surface area contributed by atoms with Gasteiger partial charge < -0.3 is 9.30 Å². The number of nitrogens with zero attached hydrogens (tertiary/aromatic N) is 1. The second-order valence-electron chi connectivity index (χ2n) is 5.64. The fraction of sp³-hybridized carbons (Fsp3) is 0.615. The number of aromatic nitrogens is 1. The Kier molecular flexibility index (Phi) is 3.33. The first-order valence-electron chi connectivity index (χ1n) is 6.87. The van der Waals surface area contributed by atoms with Gasteiger partial charge in [-0.1, -0.05) is 0 Å². The SMILES string of the molecule is NS(=O)(=O)c1cc(C(=O)OCC2CC2)n(C2CCC2)c1. The summed E-state index contributed by atoms with van der Waals surface area (Å²) in [5.74, 6) is 0.0162. The van der Waals surface area contributed by atoms with Gasteiger partial charge in [-0.25, -0.2) is 18.4 Å². The van der Waals surface area contributed by atoms with Gasteiger partial charge in [0.25, 0.3) is 0 Å². The van der Waals surface area contributed by atoms with Gasteiger partial charge in [0.05, 0.1) is 6.61 Å². The zero-order valence-electron chi connectivity index (χ0n) is 11.1. The van der Waals surface area contributed by atoms with Crippen molar-refractivity contribution in [3.05, 3.63) is 18.0 Å². The molecule has 2 N–H and O–H groups in total. The average Bonchev–Trinajstić information content (AvgIpc) is 3.02. The number of esters is 1. The molecule has 0 unspecified atom stereocenters. The van der Waals surface area contributed by atoms with E-state index in [0.717, 1.165) is 32.1 Å². The number of hydrogen-bond acceptors (Lipinski definition) is 4. The molecule has 3 rings (SSSR count). The zero-order valence-corrected chi connectivity index (χ0v) is 11.9. The Bertz CT molecular complexity index is 627. The topological polar surface area (TPSA) is 91.4 Å². The van der Waals surface area contributed by atoms with Gasteiger partial charge in [0.1, 0.15) is 10.6 Å². The molecular formula is C13H18N2O4S. The molecule has 6 nitrogen and oxygen atoms in total. The molecule has 0 radical (unpaired) electrons. The lowest BCUT2D eigenvalue weighted by Gasteiger charge is -2.28. The van der Waals surface area contributed by atoms with E-state index < -0.39 is 16.0 Å². The smallest absolute Gasteiger partial charge is 0.355 e. The van der Waals surface area contributed by atoms with Crippen LogP contribution in [-0.2, 0) is 14.8 Å². The van der Waals surface area contributed by atoms with Crippen molar-refractivity contribution in [3.63, 3.8) is 0 Å². The van der Waals surface area contributed by atoms with Gasteiger partial charge in [0.15, 0.2) is 0 Å². The van der Waals surface area contributed by atoms with Crippen LogP contribution in [0, 0.1) is 5.92 Å². The predicted molar refractivity (Wildman–Crippen MR) is 71.7 cm³/mol. The van der Waals surface area contributed by atoms with Gasteiger partial charge in [-0.15, -0.1) is 0 Å². The number of nitrogens with two attached hydrogens (primary N) is 1. The maximum absolute atomic E-state index is 12.1. The van der Waals surface area contributed by atoms with Crippen LogP contribution in [0.4, 0.5) is 0 Å². The summed E-state index contributed by atoms with van der Waals surface area (Å²) < 4.78 is 29.8. The molecular weight excluding hydrogens is 280 g/mol. The molecule has 1 aromatic heterocycles. The van der Waals surface area contributed by atoms with Crippen LogP contribution in [-0.4, -0.2) is 25.6 Å². The van der Waals surface area contributed by atoms with Crippen molar-refractivity contribution in [3.8, 4) is 0 Å². The van der Waals surface area contributed by atoms with Crippen molar-refractivity contribution in [2.45, 2.75) is 43.0 Å². The maximum Gasteiger partial charge on any atom is 0.355 e. The number of hydrogen-bond donors (Lipinski definition) is 1. The summed E-state index contributed by atoms with van der Waals surface area (Å²) in [6, 6.07) is 1.50. The second-order valence-corrected chi connectivity index (χ2v) is 7.20. The van der Waals surface area contributed by atoms with Gasteiger partial charge in [-0.3, -0.25) is 0 Å². The Morgan fingerprint density at radius 1 is 1.35 bits per heavy atom. The summed E-state index contributed by atoms with van der Waals surface area (Å²) in [6.07, 6.45) is 6.62. The maximum atomic E-state index is 12.1. The van der Waals surface area contributed by atoms with Crippen LogP contribution >= 0.6 is 0 Å². The average molecular weight is 298 g/mol. The lowest BCUT2D eigenvalue weighted by molar-refractivity contribution is 0.0467. The Balaban J connectivity index is 1.85. The van der Waals surface area contributed by atoms with Gasteiger partial charge in [0.2, 0.25) is 10.0 Å². The number of rotatable bonds is 5. The normalized spacial score (nSPS) is 19.6. The minimum absolute atomic E-state index is 0.0252. The van der Waals surface area contributed by atoms with E-state index in [1.165, 1.54) is 12.3 Å². The second kappa shape index (κ2) is 4.89. The molecule has 0 atom stereocenters. The monoisotopic (exact) mass is 298 g/mol. The fourth-order valence-electron chi connectivity index (χ4n) is 2.29. The molecule has 2 aliphatic rings. The molecule has 0 amide bonds. The van der Waals surface area contributed by atoms with Crippen LogP contribution in [0.2, 0.25) is 0 Å². The van der Waals surface area contributed by atoms with Crippen LogP contribution in [0.15, 0.2) is 17.2 Å². The summed E-state index contributed by atoms with van der Waals surface area (Å²) in [5.41, 5.74) is 0.291. The summed E-state index contributed by atoms with van der Waals surface area (Å²) >= 11 is 0. The Labute approximate surface area is 117 Å². The van der Waals surface area contributed by atoms with E-state index in [2.05, 4.69) is 0 Å². The molecule has 0 spiro atoms. The Hall–Kier alpha value is -1.34. The lowest BCUT2D eigenvalue weighted by Crippen LogP contribution is -2.21. The van der Waals surface area contributed by atoms with E-state index >= 15 is 0 Å². The van der Waals surface area contributed by atoms with Crippen molar-refractivity contribution in [2.24, 2.45) is 11.1 Å². The summed E-state index contributed by atoms with van der Waals surface area (Å²) in [5, 5.41) is 5.14. The lowest BCUT2D eigenvalue weighted by atomic mass is 9.93. The highest BCUT2D eigenvalue weighted by molar-refractivity contribution is 7.89. The summed E-state index contributed by atoms with van der Waals surface area (Å²) in [7, 11) is -3.80. The highest BCUT2D eigenvalue weighted by atomic mass is 32.2. The van der Waals surface area contributed by atoms with E-state index in [0.29, 0.717) is 18.2 Å². The van der Waals surface area contributed by atoms with Crippen molar-refractivity contribution >= 4 is 16.0 Å².